The van der Waals surface area contributed by atoms with E-state index >= 15 is 0 Å². The monoisotopic (exact) mass is 283 g/mol. The maximum absolute atomic E-state index is 2.60. The SMILES string of the molecule is PN(P)c1ccccc1I. The molecule has 0 saturated heterocycles. The van der Waals surface area contributed by atoms with E-state index in [-0.39, 0.29) is 0 Å². The van der Waals surface area contributed by atoms with Crippen molar-refractivity contribution in [2.24, 2.45) is 0 Å². The van der Waals surface area contributed by atoms with E-state index < -0.39 is 0 Å². The minimum Gasteiger partial charge on any atom is -0.340 e. The minimum absolute atomic E-state index is 1.21. The number of halogens is 1. The first-order chi connectivity index (χ1) is 4.72. The summed E-state index contributed by atoms with van der Waals surface area (Å²) in [6.45, 7) is 0. The van der Waals surface area contributed by atoms with Crippen LogP contribution in [0.15, 0.2) is 24.3 Å². The first-order valence-electron chi connectivity index (χ1n) is 2.76. The van der Waals surface area contributed by atoms with Gasteiger partial charge in [-0.05, 0) is 53.5 Å². The quantitative estimate of drug-likeness (QED) is 0.566. The van der Waals surface area contributed by atoms with Crippen molar-refractivity contribution in [1.82, 2.24) is 0 Å². The van der Waals surface area contributed by atoms with Crippen molar-refractivity contribution < 1.29 is 0 Å². The Morgan fingerprint density at radius 1 is 1.20 bits per heavy atom. The maximum atomic E-state index is 2.60. The van der Waals surface area contributed by atoms with Crippen molar-refractivity contribution in [3.8, 4) is 0 Å². The van der Waals surface area contributed by atoms with Gasteiger partial charge in [0.05, 0.1) is 5.69 Å². The third kappa shape index (κ3) is 2.05. The summed E-state index contributed by atoms with van der Waals surface area (Å²) in [5.74, 6) is 0. The molecule has 1 nitrogen and oxygen atoms in total. The summed E-state index contributed by atoms with van der Waals surface area (Å²) in [5, 5.41) is 0. The van der Waals surface area contributed by atoms with Gasteiger partial charge >= 0.3 is 0 Å². The molecule has 0 saturated carbocycles. The Labute approximate surface area is 79.2 Å². The third-order valence-corrected chi connectivity index (χ3v) is 2.60. The lowest BCUT2D eigenvalue weighted by molar-refractivity contribution is 1.56. The van der Waals surface area contributed by atoms with Crippen LogP contribution in [-0.2, 0) is 0 Å². The normalized spacial score (nSPS) is 9.50. The molecule has 0 fully saturated rings. The van der Waals surface area contributed by atoms with Gasteiger partial charge in [0, 0.05) is 3.57 Å². The molecule has 0 bridgehead atoms. The van der Waals surface area contributed by atoms with E-state index in [0.29, 0.717) is 0 Å². The fourth-order valence-electron chi connectivity index (χ4n) is 0.661. The summed E-state index contributed by atoms with van der Waals surface area (Å²) in [4.78, 5) is 0. The molecule has 4 heteroatoms. The van der Waals surface area contributed by atoms with E-state index in [1.807, 2.05) is 16.6 Å². The molecule has 2 unspecified atom stereocenters. The predicted octanol–water partition coefficient (Wildman–Crippen LogP) is 2.68. The standard InChI is InChI=1S/C6H8INP2/c7-5-3-1-2-4-6(5)8(9)10/h1-4H,9-10H2. The first kappa shape index (κ1) is 8.70. The molecular weight excluding hydrogens is 275 g/mol. The minimum atomic E-state index is 1.21. The Balaban J connectivity index is 3.03. The number of nitrogens with zero attached hydrogens (tertiary/aromatic N) is 1. The number of benzene rings is 1. The molecule has 54 valence electrons. The summed E-state index contributed by atoms with van der Waals surface area (Å²) in [6, 6.07) is 8.21. The average molecular weight is 283 g/mol. The van der Waals surface area contributed by atoms with Crippen molar-refractivity contribution in [1.29, 1.82) is 0 Å². The fraction of sp³-hybridized carbons (Fsp3) is 0. The Hall–Kier alpha value is 0.610. The molecule has 0 N–H and O–H groups in total. The zero-order chi connectivity index (χ0) is 7.56. The van der Waals surface area contributed by atoms with Crippen molar-refractivity contribution in [2.45, 2.75) is 0 Å². The van der Waals surface area contributed by atoms with E-state index in [9.17, 15) is 0 Å². The Morgan fingerprint density at radius 3 is 2.20 bits per heavy atom. The van der Waals surface area contributed by atoms with Crippen LogP contribution >= 0.6 is 41.4 Å². The molecule has 1 aromatic rings. The highest BCUT2D eigenvalue weighted by molar-refractivity contribution is 14.1. The Bertz CT molecular complexity index is 227. The van der Waals surface area contributed by atoms with Gasteiger partial charge in [0.25, 0.3) is 0 Å². The van der Waals surface area contributed by atoms with Crippen LogP contribution in [0.3, 0.4) is 0 Å². The van der Waals surface area contributed by atoms with Crippen molar-refractivity contribution in [2.75, 3.05) is 4.44 Å². The second-order valence-corrected chi connectivity index (χ2v) is 4.73. The molecule has 1 rings (SSSR count). The summed E-state index contributed by atoms with van der Waals surface area (Å²) < 4.78 is 3.20. The van der Waals surface area contributed by atoms with Gasteiger partial charge in [-0.3, -0.25) is 0 Å². The molecule has 10 heavy (non-hydrogen) atoms. The van der Waals surface area contributed by atoms with Crippen LogP contribution in [0.1, 0.15) is 0 Å². The van der Waals surface area contributed by atoms with Crippen LogP contribution in [0.25, 0.3) is 0 Å². The molecular formula is C6H8INP2. The van der Waals surface area contributed by atoms with Gasteiger partial charge in [-0.15, -0.1) is 0 Å². The zero-order valence-corrected chi connectivity index (χ0v) is 9.76. The van der Waals surface area contributed by atoms with Gasteiger partial charge in [0.1, 0.15) is 0 Å². The summed E-state index contributed by atoms with van der Waals surface area (Å²) in [7, 11) is 5.20. The van der Waals surface area contributed by atoms with Gasteiger partial charge in [-0.2, -0.15) is 0 Å². The van der Waals surface area contributed by atoms with Crippen molar-refractivity contribution in [3.63, 3.8) is 0 Å². The number of hydrogen-bond acceptors (Lipinski definition) is 1. The lowest BCUT2D eigenvalue weighted by atomic mass is 10.3. The van der Waals surface area contributed by atoms with E-state index in [4.69, 9.17) is 0 Å². The molecule has 2 atom stereocenters. The molecule has 0 radical (unpaired) electrons. The van der Waals surface area contributed by atoms with Crippen LogP contribution in [0, 0.1) is 3.57 Å². The molecule has 1 aromatic carbocycles. The van der Waals surface area contributed by atoms with E-state index in [2.05, 4.69) is 53.5 Å². The number of para-hydroxylation sites is 1. The van der Waals surface area contributed by atoms with E-state index in [0.717, 1.165) is 0 Å². The van der Waals surface area contributed by atoms with Gasteiger partial charge in [0.15, 0.2) is 0 Å². The fourth-order valence-corrected chi connectivity index (χ4v) is 2.30. The topological polar surface area (TPSA) is 3.24 Å². The second kappa shape index (κ2) is 3.85. The third-order valence-electron chi connectivity index (χ3n) is 1.13. The Morgan fingerprint density at radius 2 is 1.80 bits per heavy atom. The van der Waals surface area contributed by atoms with Gasteiger partial charge in [-0.1, -0.05) is 12.1 Å². The van der Waals surface area contributed by atoms with Crippen LogP contribution in [0.4, 0.5) is 5.69 Å². The highest BCUT2D eigenvalue weighted by atomic mass is 127. The number of rotatable bonds is 1. The highest BCUT2D eigenvalue weighted by Gasteiger charge is 1.97. The lowest BCUT2D eigenvalue weighted by Crippen LogP contribution is -1.91. The molecule has 0 heterocycles. The van der Waals surface area contributed by atoms with Crippen LogP contribution in [0.2, 0.25) is 0 Å². The van der Waals surface area contributed by atoms with Gasteiger partial charge in [-0.25, -0.2) is 0 Å². The van der Waals surface area contributed by atoms with Crippen LogP contribution in [0.5, 0.6) is 0 Å². The van der Waals surface area contributed by atoms with E-state index in [1.165, 1.54) is 9.26 Å². The van der Waals surface area contributed by atoms with Gasteiger partial charge < -0.3 is 4.44 Å². The molecule has 0 aliphatic carbocycles. The first-order valence-corrected chi connectivity index (χ1v) is 4.87. The number of anilines is 1. The van der Waals surface area contributed by atoms with Crippen LogP contribution in [-0.4, -0.2) is 0 Å². The largest absolute Gasteiger partial charge is 0.340 e. The molecule has 0 aromatic heterocycles. The highest BCUT2D eigenvalue weighted by Crippen LogP contribution is 2.27. The smallest absolute Gasteiger partial charge is 0.0558 e. The predicted molar refractivity (Wildman–Crippen MR) is 61.1 cm³/mol. The second-order valence-electron chi connectivity index (χ2n) is 1.86. The van der Waals surface area contributed by atoms with Crippen molar-refractivity contribution >= 4 is 47.1 Å². The average Bonchev–Trinajstić information content (AvgIpc) is 1.88. The lowest BCUT2D eigenvalue weighted by Gasteiger charge is -2.12. The Kier molecular flexibility index (Phi) is 3.35. The summed E-state index contributed by atoms with van der Waals surface area (Å²) in [6.07, 6.45) is 0. The maximum Gasteiger partial charge on any atom is 0.0558 e. The summed E-state index contributed by atoms with van der Waals surface area (Å²) in [5.41, 5.74) is 1.21. The molecule has 0 aliphatic rings. The molecule has 0 spiro atoms. The van der Waals surface area contributed by atoms with Gasteiger partial charge in [0.2, 0.25) is 0 Å². The summed E-state index contributed by atoms with van der Waals surface area (Å²) >= 11 is 2.31. The van der Waals surface area contributed by atoms with E-state index in [1.54, 1.807) is 0 Å². The molecule has 0 aliphatic heterocycles. The van der Waals surface area contributed by atoms with Crippen LogP contribution < -0.4 is 4.44 Å². The zero-order valence-electron chi connectivity index (χ0n) is 5.29. The number of hydrogen-bond donors (Lipinski definition) is 0. The molecule has 0 amide bonds. The van der Waals surface area contributed by atoms with Crippen molar-refractivity contribution in [3.05, 3.63) is 27.8 Å².